The smallest absolute Gasteiger partial charge is 0.214 e. The Kier molecular flexibility index (Phi) is 4.54. The van der Waals surface area contributed by atoms with Gasteiger partial charge < -0.3 is 10.4 Å². The normalized spacial score (nSPS) is 10.7. The number of rotatable bonds is 6. The van der Waals surface area contributed by atoms with Crippen LogP contribution in [0.3, 0.4) is 0 Å². The van der Waals surface area contributed by atoms with Crippen LogP contribution in [-0.2, 0) is 0 Å². The first kappa shape index (κ1) is 12.8. The number of aromatic hydroxyl groups is 1. The predicted molar refractivity (Wildman–Crippen MR) is 70.1 cm³/mol. The van der Waals surface area contributed by atoms with Crippen molar-refractivity contribution in [1.29, 1.82) is 0 Å². The van der Waals surface area contributed by atoms with E-state index >= 15 is 0 Å². The van der Waals surface area contributed by atoms with Crippen LogP contribution in [0.25, 0.3) is 5.69 Å². The predicted octanol–water partition coefficient (Wildman–Crippen LogP) is 1.07. The summed E-state index contributed by atoms with van der Waals surface area (Å²) in [7, 11) is 0. The molecule has 0 aliphatic carbocycles. The Morgan fingerprint density at radius 1 is 1.33 bits per heavy atom. The number of nitrogens with one attached hydrogen (secondary N) is 1. The van der Waals surface area contributed by atoms with Crippen molar-refractivity contribution in [3.8, 4) is 11.4 Å². The van der Waals surface area contributed by atoms with Crippen molar-refractivity contribution < 1.29 is 5.11 Å². The van der Waals surface area contributed by atoms with Crippen LogP contribution in [-0.4, -0.2) is 44.2 Å². The van der Waals surface area contributed by atoms with Crippen LogP contribution in [0.4, 0.5) is 0 Å². The number of tetrazole rings is 1. The second-order valence-electron chi connectivity index (χ2n) is 3.59. The molecule has 0 radical (unpaired) electrons. The third-order valence-electron chi connectivity index (χ3n) is 2.30. The fourth-order valence-electron chi connectivity index (χ4n) is 1.42. The van der Waals surface area contributed by atoms with Crippen molar-refractivity contribution in [2.45, 2.75) is 12.1 Å². The van der Waals surface area contributed by atoms with Gasteiger partial charge in [-0.05, 0) is 41.2 Å². The Hall–Kier alpha value is -1.60. The van der Waals surface area contributed by atoms with E-state index in [0.29, 0.717) is 0 Å². The molecule has 2 aromatic rings. The van der Waals surface area contributed by atoms with Crippen molar-refractivity contribution in [2.24, 2.45) is 0 Å². The molecule has 1 heterocycles. The Labute approximate surface area is 109 Å². The number of hydrogen-bond acceptors (Lipinski definition) is 6. The van der Waals surface area contributed by atoms with Crippen LogP contribution < -0.4 is 5.32 Å². The number of phenolic OH excluding ortho intramolecular Hbond substituents is 1. The third-order valence-corrected chi connectivity index (χ3v) is 3.22. The number of aromatic nitrogens is 4. The summed E-state index contributed by atoms with van der Waals surface area (Å²) in [6.45, 7) is 3.96. The van der Waals surface area contributed by atoms with E-state index in [1.807, 2.05) is 0 Å². The molecule has 0 aliphatic rings. The molecule has 2 rings (SSSR count). The Bertz CT molecular complexity index is 484. The molecule has 1 aromatic carbocycles. The zero-order valence-corrected chi connectivity index (χ0v) is 10.9. The van der Waals surface area contributed by atoms with E-state index in [9.17, 15) is 5.11 Å². The minimum Gasteiger partial charge on any atom is -0.508 e. The first-order valence-corrected chi connectivity index (χ1v) is 6.71. The Morgan fingerprint density at radius 3 is 2.83 bits per heavy atom. The summed E-state index contributed by atoms with van der Waals surface area (Å²) in [4.78, 5) is 0. The SMILES string of the molecule is CCNCCSc1nnnn1-c1ccc(O)cc1. The van der Waals surface area contributed by atoms with Crippen LogP contribution in [0.2, 0.25) is 0 Å². The summed E-state index contributed by atoms with van der Waals surface area (Å²) in [5, 5.41) is 24.9. The van der Waals surface area contributed by atoms with Gasteiger partial charge in [-0.25, -0.2) is 0 Å². The van der Waals surface area contributed by atoms with Gasteiger partial charge in [0, 0.05) is 12.3 Å². The number of phenols is 1. The van der Waals surface area contributed by atoms with E-state index in [1.165, 1.54) is 0 Å². The average molecular weight is 265 g/mol. The number of hydrogen-bond donors (Lipinski definition) is 2. The molecule has 96 valence electrons. The van der Waals surface area contributed by atoms with Crippen LogP contribution >= 0.6 is 11.8 Å². The lowest BCUT2D eigenvalue weighted by Crippen LogP contribution is -2.16. The summed E-state index contributed by atoms with van der Waals surface area (Å²) in [6, 6.07) is 6.79. The highest BCUT2D eigenvalue weighted by Crippen LogP contribution is 2.19. The molecule has 0 spiro atoms. The van der Waals surface area contributed by atoms with Gasteiger partial charge in [0.05, 0.1) is 5.69 Å². The number of nitrogens with zero attached hydrogens (tertiary/aromatic N) is 4. The summed E-state index contributed by atoms with van der Waals surface area (Å²) >= 11 is 1.59. The molecule has 2 N–H and O–H groups in total. The lowest BCUT2D eigenvalue weighted by Gasteiger charge is -2.04. The first-order valence-electron chi connectivity index (χ1n) is 5.72. The monoisotopic (exact) mass is 265 g/mol. The van der Waals surface area contributed by atoms with Gasteiger partial charge in [-0.1, -0.05) is 18.7 Å². The molecule has 0 unspecified atom stereocenters. The van der Waals surface area contributed by atoms with Gasteiger partial charge in [-0.15, -0.1) is 5.10 Å². The van der Waals surface area contributed by atoms with Crippen LogP contribution in [0, 0.1) is 0 Å². The summed E-state index contributed by atoms with van der Waals surface area (Å²) in [6.07, 6.45) is 0. The highest BCUT2D eigenvalue weighted by atomic mass is 32.2. The molecule has 0 saturated carbocycles. The molecule has 18 heavy (non-hydrogen) atoms. The van der Waals surface area contributed by atoms with Crippen LogP contribution in [0.15, 0.2) is 29.4 Å². The molecule has 0 fully saturated rings. The van der Waals surface area contributed by atoms with Gasteiger partial charge in [-0.3, -0.25) is 0 Å². The maximum atomic E-state index is 9.25. The van der Waals surface area contributed by atoms with Crippen molar-refractivity contribution in [1.82, 2.24) is 25.5 Å². The summed E-state index contributed by atoms with van der Waals surface area (Å²) < 4.78 is 1.66. The Balaban J connectivity index is 2.05. The second-order valence-corrected chi connectivity index (χ2v) is 4.65. The zero-order chi connectivity index (χ0) is 12.8. The van der Waals surface area contributed by atoms with Crippen LogP contribution in [0.1, 0.15) is 6.92 Å². The van der Waals surface area contributed by atoms with Gasteiger partial charge in [0.2, 0.25) is 5.16 Å². The lowest BCUT2D eigenvalue weighted by molar-refractivity contribution is 0.475. The fraction of sp³-hybridized carbons (Fsp3) is 0.364. The van der Waals surface area contributed by atoms with Gasteiger partial charge in [0.15, 0.2) is 0 Å². The van der Waals surface area contributed by atoms with Gasteiger partial charge in [-0.2, -0.15) is 4.68 Å². The van der Waals surface area contributed by atoms with Gasteiger partial charge in [0.1, 0.15) is 5.75 Å². The maximum absolute atomic E-state index is 9.25. The van der Waals surface area contributed by atoms with E-state index < -0.39 is 0 Å². The molecule has 7 heteroatoms. The largest absolute Gasteiger partial charge is 0.508 e. The highest BCUT2D eigenvalue weighted by molar-refractivity contribution is 7.99. The van der Waals surface area contributed by atoms with E-state index in [4.69, 9.17) is 0 Å². The molecule has 1 aromatic heterocycles. The van der Waals surface area contributed by atoms with E-state index in [-0.39, 0.29) is 5.75 Å². The standard InChI is InChI=1S/C11H15N5OS/c1-2-12-7-8-18-11-13-14-15-16(11)9-3-5-10(17)6-4-9/h3-6,12,17H,2,7-8H2,1H3. The van der Waals surface area contributed by atoms with E-state index in [2.05, 4.69) is 27.8 Å². The topological polar surface area (TPSA) is 75.9 Å². The van der Waals surface area contributed by atoms with Gasteiger partial charge in [0.25, 0.3) is 0 Å². The summed E-state index contributed by atoms with van der Waals surface area (Å²) in [5.41, 5.74) is 0.837. The molecule has 0 bridgehead atoms. The van der Waals surface area contributed by atoms with Crippen molar-refractivity contribution in [3.63, 3.8) is 0 Å². The van der Waals surface area contributed by atoms with Crippen molar-refractivity contribution >= 4 is 11.8 Å². The maximum Gasteiger partial charge on any atom is 0.214 e. The average Bonchev–Trinajstić information content (AvgIpc) is 2.84. The lowest BCUT2D eigenvalue weighted by atomic mass is 10.3. The molecule has 0 atom stereocenters. The quantitative estimate of drug-likeness (QED) is 0.601. The van der Waals surface area contributed by atoms with Crippen molar-refractivity contribution in [2.75, 3.05) is 18.8 Å². The minimum absolute atomic E-state index is 0.230. The molecular formula is C11H15N5OS. The summed E-state index contributed by atoms with van der Waals surface area (Å²) in [5.74, 6) is 1.14. The fourth-order valence-corrected chi connectivity index (χ4v) is 2.20. The first-order chi connectivity index (χ1) is 8.81. The van der Waals surface area contributed by atoms with Gasteiger partial charge >= 0.3 is 0 Å². The number of thioether (sulfide) groups is 1. The van der Waals surface area contributed by atoms with E-state index in [0.717, 1.165) is 29.7 Å². The second kappa shape index (κ2) is 6.36. The molecule has 6 nitrogen and oxygen atoms in total. The molecule has 0 amide bonds. The molecule has 0 saturated heterocycles. The molecule has 0 aliphatic heterocycles. The molecular weight excluding hydrogens is 250 g/mol. The zero-order valence-electron chi connectivity index (χ0n) is 10.1. The Morgan fingerprint density at radius 2 is 2.11 bits per heavy atom. The third kappa shape index (κ3) is 3.21. The van der Waals surface area contributed by atoms with E-state index in [1.54, 1.807) is 40.7 Å². The van der Waals surface area contributed by atoms with Crippen molar-refractivity contribution in [3.05, 3.63) is 24.3 Å². The minimum atomic E-state index is 0.230. The van der Waals surface area contributed by atoms with Crippen LogP contribution in [0.5, 0.6) is 5.75 Å². The highest BCUT2D eigenvalue weighted by Gasteiger charge is 2.08. The number of benzene rings is 1.